The summed E-state index contributed by atoms with van der Waals surface area (Å²) in [7, 11) is 0. The summed E-state index contributed by atoms with van der Waals surface area (Å²) in [6, 6.07) is -2.52. The lowest BCUT2D eigenvalue weighted by Crippen LogP contribution is -2.45. The first kappa shape index (κ1) is 26.7. The van der Waals surface area contributed by atoms with Gasteiger partial charge in [-0.1, -0.05) is 12.1 Å². The number of unbranched alkanes of at least 4 members (excludes halogenated alkanes) is 1. The predicted octanol–water partition coefficient (Wildman–Crippen LogP) is -1.79. The Bertz CT molecular complexity index is 695. The molecule has 0 aliphatic carbocycles. The zero-order valence-corrected chi connectivity index (χ0v) is 16.8. The fourth-order valence-electron chi connectivity index (χ4n) is 1.91. The fraction of sp³-hybridized carbons (Fsp3) is 0.625. The Morgan fingerprint density at radius 3 is 2.30 bits per heavy atom. The molecule has 0 radical (unpaired) electrons. The summed E-state index contributed by atoms with van der Waals surface area (Å²) >= 11 is 0. The maximum Gasteiger partial charge on any atom is 0.326 e. The lowest BCUT2D eigenvalue weighted by Gasteiger charge is -2.14. The first-order valence-electron chi connectivity index (χ1n) is 9.22. The molecule has 2 atom stereocenters. The van der Waals surface area contributed by atoms with E-state index >= 15 is 0 Å². The number of amides is 4. The van der Waals surface area contributed by atoms with Crippen molar-refractivity contribution in [3.8, 4) is 0 Å². The number of carbonyl (C=O) groups excluding carboxylic acids is 3. The van der Waals surface area contributed by atoms with E-state index in [9.17, 15) is 19.2 Å². The van der Waals surface area contributed by atoms with Gasteiger partial charge in [-0.3, -0.25) is 9.59 Å². The molecule has 0 aliphatic rings. The van der Waals surface area contributed by atoms with Crippen LogP contribution in [0.2, 0.25) is 0 Å². The number of primary amides is 2. The summed E-state index contributed by atoms with van der Waals surface area (Å²) in [6.07, 6.45) is 1.82. The van der Waals surface area contributed by atoms with Crippen molar-refractivity contribution in [1.29, 1.82) is 0 Å². The van der Waals surface area contributed by atoms with Crippen molar-refractivity contribution in [3.63, 3.8) is 0 Å². The van der Waals surface area contributed by atoms with Crippen molar-refractivity contribution in [2.24, 2.45) is 22.9 Å². The number of aliphatic carboxylic acids is 1. The van der Waals surface area contributed by atoms with Crippen LogP contribution in [0.15, 0.2) is 4.52 Å². The van der Waals surface area contributed by atoms with E-state index in [1.165, 1.54) is 0 Å². The third-order valence-corrected chi connectivity index (χ3v) is 3.54. The van der Waals surface area contributed by atoms with Gasteiger partial charge < -0.3 is 43.2 Å². The summed E-state index contributed by atoms with van der Waals surface area (Å²) in [5, 5.41) is 17.4. The largest absolute Gasteiger partial charge is 0.480 e. The molecule has 11 N–H and O–H groups in total. The normalized spacial score (nSPS) is 12.1. The summed E-state index contributed by atoms with van der Waals surface area (Å²) in [6.45, 7) is 2.05. The van der Waals surface area contributed by atoms with Gasteiger partial charge in [-0.05, 0) is 25.8 Å². The summed E-state index contributed by atoms with van der Waals surface area (Å²) in [5.41, 5.74) is 20.7. The van der Waals surface area contributed by atoms with E-state index in [1.807, 2.05) is 0 Å². The van der Waals surface area contributed by atoms with E-state index in [4.69, 9.17) is 26.8 Å². The minimum atomic E-state index is -1.13. The molecule has 30 heavy (non-hydrogen) atoms. The third kappa shape index (κ3) is 12.2. The van der Waals surface area contributed by atoms with Crippen LogP contribution >= 0.6 is 0 Å². The van der Waals surface area contributed by atoms with Gasteiger partial charge in [0, 0.05) is 12.8 Å². The molecule has 2 unspecified atom stereocenters. The van der Waals surface area contributed by atoms with Crippen LogP contribution in [0, 0.1) is 0 Å². The molecule has 1 aromatic heterocycles. The van der Waals surface area contributed by atoms with Gasteiger partial charge in [0.25, 0.3) is 0 Å². The number of nitrogens with two attached hydrogens (primary N) is 4. The number of nitrogens with one attached hydrogen (secondary N) is 2. The lowest BCUT2D eigenvalue weighted by atomic mass is 10.1. The second kappa shape index (κ2) is 14.7. The molecule has 1 rings (SSSR count). The quantitative estimate of drug-likeness (QED) is 0.183. The number of hydrogen-bond donors (Lipinski definition) is 7. The molecule has 14 nitrogen and oxygen atoms in total. The van der Waals surface area contributed by atoms with Gasteiger partial charge >= 0.3 is 12.0 Å². The first-order chi connectivity index (χ1) is 14.1. The van der Waals surface area contributed by atoms with Crippen molar-refractivity contribution in [3.05, 3.63) is 11.7 Å². The zero-order valence-electron chi connectivity index (χ0n) is 16.8. The molecule has 0 aromatic carbocycles. The molecule has 14 heteroatoms. The molecule has 170 valence electrons. The van der Waals surface area contributed by atoms with E-state index in [2.05, 4.69) is 26.5 Å². The van der Waals surface area contributed by atoms with Crippen molar-refractivity contribution in [2.75, 3.05) is 6.54 Å². The highest BCUT2D eigenvalue weighted by molar-refractivity contribution is 5.82. The molecule has 0 aliphatic heterocycles. The molecule has 0 bridgehead atoms. The van der Waals surface area contributed by atoms with Crippen LogP contribution in [0.3, 0.4) is 0 Å². The van der Waals surface area contributed by atoms with Gasteiger partial charge in [0.2, 0.25) is 17.7 Å². The topological polar surface area (TPSA) is 256 Å². The van der Waals surface area contributed by atoms with Crippen LogP contribution < -0.4 is 33.6 Å². The smallest absolute Gasteiger partial charge is 0.326 e. The number of carboxylic acids is 1. The predicted molar refractivity (Wildman–Crippen MR) is 104 cm³/mol. The van der Waals surface area contributed by atoms with E-state index in [1.54, 1.807) is 6.92 Å². The minimum absolute atomic E-state index is 0.0556. The minimum Gasteiger partial charge on any atom is -0.480 e. The Labute approximate surface area is 173 Å². The number of nitrogens with zero attached hydrogens (tertiary/aromatic N) is 2. The molecular formula is C16H30N8O6. The number of carboxylic acid groups (broad SMARTS) is 1. The molecule has 1 heterocycles. The van der Waals surface area contributed by atoms with Gasteiger partial charge in [-0.25, -0.2) is 9.59 Å². The van der Waals surface area contributed by atoms with E-state index < -0.39 is 30.0 Å². The fourth-order valence-corrected chi connectivity index (χ4v) is 1.91. The van der Waals surface area contributed by atoms with Gasteiger partial charge in [0.05, 0.1) is 12.6 Å². The second-order valence-corrected chi connectivity index (χ2v) is 6.15. The molecule has 0 spiro atoms. The average Bonchev–Trinajstić information content (AvgIpc) is 3.14. The van der Waals surface area contributed by atoms with Gasteiger partial charge in [0.1, 0.15) is 6.04 Å². The van der Waals surface area contributed by atoms with Gasteiger partial charge in [-0.2, -0.15) is 4.98 Å². The Balaban J connectivity index is 0.00000150. The Morgan fingerprint density at radius 1 is 1.17 bits per heavy atom. The third-order valence-electron chi connectivity index (χ3n) is 3.54. The number of rotatable bonds is 12. The van der Waals surface area contributed by atoms with E-state index in [0.29, 0.717) is 25.8 Å². The zero-order chi connectivity index (χ0) is 23.1. The SMILES string of the molecule is CCC(N)=O.NCCCCC(NC(=O)NCc1nc(C(N)CC(N)=O)no1)C(=O)O. The standard InChI is InChI=1S/C13H23N7O5.C3H7NO/c14-4-2-1-3-8(12(22)23)18-13(24)17-6-10-19-11(20-25-10)7(15)5-9(16)21;1-2-3(4)5/h7-8H,1-6,14-15H2,(H2,16,21)(H,22,23)(H2,17,18,24);2H2,1H3,(H2,4,5). The highest BCUT2D eigenvalue weighted by atomic mass is 16.5. The molecule has 0 saturated heterocycles. The number of aromatic nitrogens is 2. The maximum absolute atomic E-state index is 11.8. The number of carbonyl (C=O) groups is 4. The van der Waals surface area contributed by atoms with Crippen LogP contribution in [0.5, 0.6) is 0 Å². The average molecular weight is 430 g/mol. The maximum atomic E-state index is 11.8. The summed E-state index contributed by atoms with van der Waals surface area (Å²) in [4.78, 5) is 47.2. The van der Waals surface area contributed by atoms with Crippen molar-refractivity contribution in [1.82, 2.24) is 20.8 Å². The van der Waals surface area contributed by atoms with Crippen molar-refractivity contribution < 1.29 is 28.8 Å². The van der Waals surface area contributed by atoms with Crippen molar-refractivity contribution in [2.45, 2.75) is 57.7 Å². The lowest BCUT2D eigenvalue weighted by molar-refractivity contribution is -0.139. The number of hydrogen-bond acceptors (Lipinski definition) is 9. The highest BCUT2D eigenvalue weighted by Gasteiger charge is 2.20. The van der Waals surface area contributed by atoms with Crippen LogP contribution in [-0.2, 0) is 20.9 Å². The van der Waals surface area contributed by atoms with E-state index in [0.717, 1.165) is 0 Å². The second-order valence-electron chi connectivity index (χ2n) is 6.15. The summed E-state index contributed by atoms with van der Waals surface area (Å²) in [5.74, 6) is -1.85. The number of urea groups is 1. The van der Waals surface area contributed by atoms with Crippen molar-refractivity contribution >= 4 is 23.8 Å². The Kier molecular flexibility index (Phi) is 13.1. The first-order valence-corrected chi connectivity index (χ1v) is 9.22. The van der Waals surface area contributed by atoms with Crippen LogP contribution in [-0.4, -0.2) is 51.6 Å². The molecule has 0 fully saturated rings. The molecule has 4 amide bonds. The highest BCUT2D eigenvalue weighted by Crippen LogP contribution is 2.09. The van der Waals surface area contributed by atoms with Gasteiger partial charge in [0.15, 0.2) is 5.82 Å². The Hall–Kier alpha value is -3.26. The summed E-state index contributed by atoms with van der Waals surface area (Å²) < 4.78 is 4.88. The monoisotopic (exact) mass is 430 g/mol. The molecular weight excluding hydrogens is 400 g/mol. The van der Waals surface area contributed by atoms with Crippen LogP contribution in [0.4, 0.5) is 4.79 Å². The molecule has 0 saturated carbocycles. The van der Waals surface area contributed by atoms with E-state index in [-0.39, 0.29) is 37.0 Å². The van der Waals surface area contributed by atoms with Gasteiger partial charge in [-0.15, -0.1) is 0 Å². The van der Waals surface area contributed by atoms with Crippen LogP contribution in [0.25, 0.3) is 0 Å². The van der Waals surface area contributed by atoms with Crippen LogP contribution in [0.1, 0.15) is 56.8 Å². The Morgan fingerprint density at radius 2 is 1.80 bits per heavy atom. The molecule has 1 aromatic rings.